The zero-order valence-corrected chi connectivity index (χ0v) is 15.0. The third-order valence-electron chi connectivity index (χ3n) is 3.63. The van der Waals surface area contributed by atoms with Crippen molar-refractivity contribution in [1.29, 1.82) is 0 Å². The van der Waals surface area contributed by atoms with Crippen LogP contribution in [0.4, 0.5) is 0 Å². The van der Waals surface area contributed by atoms with Gasteiger partial charge in [0.25, 0.3) is 5.91 Å². The summed E-state index contributed by atoms with van der Waals surface area (Å²) in [6.07, 6.45) is 2.56. The van der Waals surface area contributed by atoms with Crippen molar-refractivity contribution in [2.75, 3.05) is 7.11 Å². The average Bonchev–Trinajstić information content (AvgIpc) is 2.59. The second-order valence-corrected chi connectivity index (χ2v) is 6.02. The van der Waals surface area contributed by atoms with Gasteiger partial charge in [-0.1, -0.05) is 18.2 Å². The maximum Gasteiger partial charge on any atom is 0.251 e. The van der Waals surface area contributed by atoms with Crippen LogP contribution in [0, 0.1) is 0 Å². The molecule has 0 unspecified atom stereocenters. The summed E-state index contributed by atoms with van der Waals surface area (Å²) in [7, 11) is 1.62. The van der Waals surface area contributed by atoms with Gasteiger partial charge in [0.1, 0.15) is 11.5 Å². The molecule has 132 valence electrons. The van der Waals surface area contributed by atoms with Crippen LogP contribution in [0.15, 0.2) is 55.1 Å². The number of carbonyl (C=O) groups is 1. The monoisotopic (exact) mass is 339 g/mol. The third-order valence-corrected chi connectivity index (χ3v) is 3.63. The van der Waals surface area contributed by atoms with E-state index in [4.69, 9.17) is 9.47 Å². The van der Waals surface area contributed by atoms with Crippen molar-refractivity contribution in [2.45, 2.75) is 32.9 Å². The van der Waals surface area contributed by atoms with Crippen LogP contribution in [0.5, 0.6) is 11.5 Å². The maximum absolute atomic E-state index is 12.4. The molecule has 2 aromatic carbocycles. The van der Waals surface area contributed by atoms with E-state index >= 15 is 0 Å². The minimum Gasteiger partial charge on any atom is -0.496 e. The number of rotatable bonds is 8. The molecule has 1 amide bonds. The first-order valence-electron chi connectivity index (χ1n) is 8.35. The van der Waals surface area contributed by atoms with Crippen LogP contribution in [0.25, 0.3) is 0 Å². The molecule has 0 bridgehead atoms. The molecule has 0 radical (unpaired) electrons. The number of ether oxygens (including phenoxy) is 2. The number of amides is 1. The Hall–Kier alpha value is -2.75. The Kier molecular flexibility index (Phi) is 6.63. The van der Waals surface area contributed by atoms with E-state index in [1.54, 1.807) is 19.3 Å². The fraction of sp³-hybridized carbons (Fsp3) is 0.286. The fourth-order valence-electron chi connectivity index (χ4n) is 2.52. The molecule has 0 atom stereocenters. The number of hydrogen-bond acceptors (Lipinski definition) is 3. The molecule has 25 heavy (non-hydrogen) atoms. The first-order valence-corrected chi connectivity index (χ1v) is 8.35. The smallest absolute Gasteiger partial charge is 0.251 e. The highest BCUT2D eigenvalue weighted by Gasteiger charge is 2.10. The summed E-state index contributed by atoms with van der Waals surface area (Å²) >= 11 is 0. The van der Waals surface area contributed by atoms with Gasteiger partial charge in [-0.05, 0) is 61.7 Å². The van der Waals surface area contributed by atoms with Gasteiger partial charge in [0.15, 0.2) is 0 Å². The van der Waals surface area contributed by atoms with E-state index in [1.807, 2.05) is 50.2 Å². The molecule has 0 saturated heterocycles. The Bertz CT molecular complexity index is 738. The normalized spacial score (nSPS) is 10.4. The van der Waals surface area contributed by atoms with Crippen molar-refractivity contribution in [3.63, 3.8) is 0 Å². The second-order valence-electron chi connectivity index (χ2n) is 6.02. The Morgan fingerprint density at radius 1 is 1.24 bits per heavy atom. The summed E-state index contributed by atoms with van der Waals surface area (Å²) in [6.45, 7) is 8.15. The van der Waals surface area contributed by atoms with E-state index in [0.29, 0.717) is 18.5 Å². The van der Waals surface area contributed by atoms with Gasteiger partial charge in [-0.15, -0.1) is 6.58 Å². The number of carbonyl (C=O) groups excluding carboxylic acids is 1. The van der Waals surface area contributed by atoms with Crippen molar-refractivity contribution >= 4 is 5.91 Å². The molecule has 2 rings (SSSR count). The third kappa shape index (κ3) is 5.38. The number of benzene rings is 2. The van der Waals surface area contributed by atoms with E-state index in [0.717, 1.165) is 22.6 Å². The van der Waals surface area contributed by atoms with Crippen LogP contribution in [-0.2, 0) is 13.0 Å². The molecular weight excluding hydrogens is 314 g/mol. The molecule has 0 saturated carbocycles. The van der Waals surface area contributed by atoms with E-state index in [2.05, 4.69) is 11.9 Å². The highest BCUT2D eigenvalue weighted by Crippen LogP contribution is 2.21. The highest BCUT2D eigenvalue weighted by atomic mass is 16.5. The van der Waals surface area contributed by atoms with Gasteiger partial charge in [-0.3, -0.25) is 4.79 Å². The van der Waals surface area contributed by atoms with Gasteiger partial charge in [-0.25, -0.2) is 0 Å². The molecule has 0 aliphatic carbocycles. The van der Waals surface area contributed by atoms with Crippen LogP contribution >= 0.6 is 0 Å². The number of allylic oxidation sites excluding steroid dienone is 1. The predicted octanol–water partition coefficient (Wildman–Crippen LogP) is 4.14. The lowest BCUT2D eigenvalue weighted by atomic mass is 10.1. The molecular formula is C21H25NO3. The molecule has 4 nitrogen and oxygen atoms in total. The van der Waals surface area contributed by atoms with E-state index in [-0.39, 0.29) is 12.0 Å². The molecule has 2 aromatic rings. The van der Waals surface area contributed by atoms with Gasteiger partial charge >= 0.3 is 0 Å². The lowest BCUT2D eigenvalue weighted by molar-refractivity contribution is 0.0950. The molecule has 0 spiro atoms. The molecule has 0 aliphatic rings. The minimum absolute atomic E-state index is 0.118. The van der Waals surface area contributed by atoms with Crippen molar-refractivity contribution in [3.05, 3.63) is 71.8 Å². The largest absolute Gasteiger partial charge is 0.496 e. The van der Waals surface area contributed by atoms with Crippen LogP contribution < -0.4 is 14.8 Å². The molecule has 0 fully saturated rings. The minimum atomic E-state index is -0.122. The Balaban J connectivity index is 2.05. The van der Waals surface area contributed by atoms with Crippen molar-refractivity contribution in [2.24, 2.45) is 0 Å². The number of hydrogen-bond donors (Lipinski definition) is 1. The van der Waals surface area contributed by atoms with Gasteiger partial charge in [-0.2, -0.15) is 0 Å². The van der Waals surface area contributed by atoms with Crippen LogP contribution in [0.2, 0.25) is 0 Å². The zero-order valence-electron chi connectivity index (χ0n) is 15.0. The maximum atomic E-state index is 12.4. The lowest BCUT2D eigenvalue weighted by Crippen LogP contribution is -2.23. The van der Waals surface area contributed by atoms with E-state index in [9.17, 15) is 4.79 Å². The molecule has 4 heteroatoms. The Labute approximate surface area is 149 Å². The SMILES string of the molecule is C=CCc1cc(C(=O)NCc2cccc(OC(C)C)c2)ccc1OC. The highest BCUT2D eigenvalue weighted by molar-refractivity contribution is 5.94. The van der Waals surface area contributed by atoms with Crippen LogP contribution in [-0.4, -0.2) is 19.1 Å². The summed E-state index contributed by atoms with van der Waals surface area (Å²) in [5.74, 6) is 1.44. The van der Waals surface area contributed by atoms with Gasteiger partial charge in [0.05, 0.1) is 13.2 Å². The molecule has 0 aromatic heterocycles. The summed E-state index contributed by atoms with van der Waals surface area (Å²) in [4.78, 5) is 12.4. The van der Waals surface area contributed by atoms with Crippen molar-refractivity contribution in [3.8, 4) is 11.5 Å². The van der Waals surface area contributed by atoms with Crippen molar-refractivity contribution in [1.82, 2.24) is 5.32 Å². The predicted molar refractivity (Wildman–Crippen MR) is 100 cm³/mol. The molecule has 0 aliphatic heterocycles. The van der Waals surface area contributed by atoms with E-state index in [1.165, 1.54) is 0 Å². The first-order chi connectivity index (χ1) is 12.0. The summed E-state index contributed by atoms with van der Waals surface area (Å²) < 4.78 is 11.0. The lowest BCUT2D eigenvalue weighted by Gasteiger charge is -2.12. The molecule has 0 heterocycles. The van der Waals surface area contributed by atoms with Gasteiger partial charge < -0.3 is 14.8 Å². The standard InChI is InChI=1S/C21H25NO3/c1-5-7-17-13-18(10-11-20(17)24-4)21(23)22-14-16-8-6-9-19(12-16)25-15(2)3/h5-6,8-13,15H,1,7,14H2,2-4H3,(H,22,23). The fourth-order valence-corrected chi connectivity index (χ4v) is 2.52. The average molecular weight is 339 g/mol. The summed E-state index contributed by atoms with van der Waals surface area (Å²) in [6, 6.07) is 13.2. The summed E-state index contributed by atoms with van der Waals surface area (Å²) in [5.41, 5.74) is 2.54. The van der Waals surface area contributed by atoms with E-state index < -0.39 is 0 Å². The number of methoxy groups -OCH3 is 1. The van der Waals surface area contributed by atoms with Crippen LogP contribution in [0.1, 0.15) is 35.3 Å². The van der Waals surface area contributed by atoms with Crippen molar-refractivity contribution < 1.29 is 14.3 Å². The zero-order chi connectivity index (χ0) is 18.2. The van der Waals surface area contributed by atoms with Gasteiger partial charge in [0.2, 0.25) is 0 Å². The number of nitrogens with one attached hydrogen (secondary N) is 1. The quantitative estimate of drug-likeness (QED) is 0.735. The first kappa shape index (κ1) is 18.6. The second kappa shape index (κ2) is 8.92. The van der Waals surface area contributed by atoms with Crippen LogP contribution in [0.3, 0.4) is 0 Å². The Morgan fingerprint density at radius 2 is 2.04 bits per heavy atom. The topological polar surface area (TPSA) is 47.6 Å². The molecule has 1 N–H and O–H groups in total. The van der Waals surface area contributed by atoms with Gasteiger partial charge in [0, 0.05) is 12.1 Å². The Morgan fingerprint density at radius 3 is 2.72 bits per heavy atom. The summed E-state index contributed by atoms with van der Waals surface area (Å²) in [5, 5.41) is 2.94.